The Balaban J connectivity index is 1.74. The number of amides is 1. The quantitative estimate of drug-likeness (QED) is 0.836. The van der Waals surface area contributed by atoms with Gasteiger partial charge in [0.15, 0.2) is 6.10 Å². The van der Waals surface area contributed by atoms with Crippen molar-refractivity contribution in [3.8, 4) is 9.88 Å². The topological polar surface area (TPSA) is 42.4 Å². The molecule has 3 heterocycles. The minimum absolute atomic E-state index is 0.127. The van der Waals surface area contributed by atoms with Gasteiger partial charge in [-0.2, -0.15) is 13.2 Å². The van der Waals surface area contributed by atoms with Crippen molar-refractivity contribution in [2.75, 3.05) is 19.7 Å². The predicted octanol–water partition coefficient (Wildman–Crippen LogP) is 3.27. The van der Waals surface area contributed by atoms with Crippen LogP contribution in [0.3, 0.4) is 0 Å². The molecule has 0 N–H and O–H groups in total. The number of ether oxygens (including phenoxy) is 1. The highest BCUT2D eigenvalue weighted by molar-refractivity contribution is 7.20. The molecule has 0 saturated carbocycles. The van der Waals surface area contributed by atoms with Crippen LogP contribution in [0.25, 0.3) is 9.88 Å². The number of alkyl halides is 3. The number of thiophene rings is 1. The Kier molecular flexibility index (Phi) is 4.20. The van der Waals surface area contributed by atoms with Crippen LogP contribution in [0.1, 0.15) is 10.5 Å². The molecule has 1 fully saturated rings. The lowest BCUT2D eigenvalue weighted by atomic mass is 10.2. The van der Waals surface area contributed by atoms with E-state index in [1.807, 2.05) is 17.5 Å². The number of thiazole rings is 1. The van der Waals surface area contributed by atoms with E-state index in [0.717, 1.165) is 9.78 Å². The van der Waals surface area contributed by atoms with Crippen molar-refractivity contribution in [2.45, 2.75) is 12.3 Å². The van der Waals surface area contributed by atoms with Crippen LogP contribution >= 0.6 is 22.7 Å². The standard InChI is InChI=1S/C13H11F3N2O2S2/c14-13(15,16)10-6-18(3-4-20-10)12(19)8-7-22-11(17-8)9-2-1-5-21-9/h1-2,5,7,10H,3-4,6H2/t10-/m0/s1. The van der Waals surface area contributed by atoms with Crippen molar-refractivity contribution in [1.82, 2.24) is 9.88 Å². The number of hydrogen-bond acceptors (Lipinski definition) is 5. The van der Waals surface area contributed by atoms with Gasteiger partial charge in [0.2, 0.25) is 0 Å². The van der Waals surface area contributed by atoms with Gasteiger partial charge in [0, 0.05) is 11.9 Å². The summed E-state index contributed by atoms with van der Waals surface area (Å²) in [6.45, 7) is -0.483. The summed E-state index contributed by atoms with van der Waals surface area (Å²) in [7, 11) is 0. The molecule has 0 bridgehead atoms. The van der Waals surface area contributed by atoms with E-state index in [1.165, 1.54) is 22.7 Å². The number of carbonyl (C=O) groups is 1. The normalized spacial score (nSPS) is 19.4. The van der Waals surface area contributed by atoms with E-state index in [4.69, 9.17) is 0 Å². The van der Waals surface area contributed by atoms with Gasteiger partial charge in [-0.1, -0.05) is 6.07 Å². The van der Waals surface area contributed by atoms with Gasteiger partial charge < -0.3 is 9.64 Å². The molecule has 2 aromatic rings. The number of carbonyl (C=O) groups excluding carboxylic acids is 1. The molecule has 0 aliphatic carbocycles. The molecule has 1 saturated heterocycles. The van der Waals surface area contributed by atoms with Crippen molar-refractivity contribution in [3.63, 3.8) is 0 Å². The van der Waals surface area contributed by atoms with Crippen LogP contribution in [0.4, 0.5) is 13.2 Å². The monoisotopic (exact) mass is 348 g/mol. The highest BCUT2D eigenvalue weighted by Crippen LogP contribution is 2.29. The number of nitrogens with zero attached hydrogens (tertiary/aromatic N) is 2. The van der Waals surface area contributed by atoms with Gasteiger partial charge in [0.1, 0.15) is 10.7 Å². The smallest absolute Gasteiger partial charge is 0.365 e. The first-order valence-corrected chi connectivity index (χ1v) is 8.18. The number of halogens is 3. The summed E-state index contributed by atoms with van der Waals surface area (Å²) in [6, 6.07) is 3.75. The average Bonchev–Trinajstić information content (AvgIpc) is 3.16. The molecular weight excluding hydrogens is 337 g/mol. The Morgan fingerprint density at radius 1 is 1.41 bits per heavy atom. The van der Waals surface area contributed by atoms with Crippen molar-refractivity contribution >= 4 is 28.6 Å². The summed E-state index contributed by atoms with van der Waals surface area (Å²) in [4.78, 5) is 18.6. The zero-order chi connectivity index (χ0) is 15.7. The van der Waals surface area contributed by atoms with E-state index < -0.39 is 24.7 Å². The van der Waals surface area contributed by atoms with Gasteiger partial charge in [0.05, 0.1) is 18.0 Å². The highest BCUT2D eigenvalue weighted by atomic mass is 32.1. The molecule has 0 spiro atoms. The van der Waals surface area contributed by atoms with E-state index >= 15 is 0 Å². The maximum Gasteiger partial charge on any atom is 0.416 e. The molecule has 4 nitrogen and oxygen atoms in total. The van der Waals surface area contributed by atoms with E-state index in [2.05, 4.69) is 9.72 Å². The van der Waals surface area contributed by atoms with Crippen molar-refractivity contribution in [2.24, 2.45) is 0 Å². The fourth-order valence-electron chi connectivity index (χ4n) is 2.08. The summed E-state index contributed by atoms with van der Waals surface area (Å²) in [5, 5.41) is 4.17. The Morgan fingerprint density at radius 2 is 2.23 bits per heavy atom. The van der Waals surface area contributed by atoms with Crippen molar-refractivity contribution in [1.29, 1.82) is 0 Å². The molecule has 1 atom stereocenters. The lowest BCUT2D eigenvalue weighted by Gasteiger charge is -2.33. The Bertz CT molecular complexity index is 655. The molecule has 1 aliphatic heterocycles. The number of aromatic nitrogens is 1. The minimum Gasteiger partial charge on any atom is -0.365 e. The summed E-state index contributed by atoms with van der Waals surface area (Å²) >= 11 is 2.80. The third kappa shape index (κ3) is 3.16. The maximum atomic E-state index is 12.7. The summed E-state index contributed by atoms with van der Waals surface area (Å²) < 4.78 is 42.8. The average molecular weight is 348 g/mol. The first-order chi connectivity index (χ1) is 10.4. The van der Waals surface area contributed by atoms with Gasteiger partial charge in [-0.3, -0.25) is 4.79 Å². The van der Waals surface area contributed by atoms with E-state index in [1.54, 1.807) is 5.38 Å². The molecule has 22 heavy (non-hydrogen) atoms. The highest BCUT2D eigenvalue weighted by Gasteiger charge is 2.44. The lowest BCUT2D eigenvalue weighted by molar-refractivity contribution is -0.233. The van der Waals surface area contributed by atoms with Gasteiger partial charge in [-0.15, -0.1) is 22.7 Å². The van der Waals surface area contributed by atoms with Crippen LogP contribution in [0, 0.1) is 0 Å². The van der Waals surface area contributed by atoms with E-state index in [-0.39, 0.29) is 18.8 Å². The van der Waals surface area contributed by atoms with Crippen LogP contribution in [0.15, 0.2) is 22.9 Å². The molecule has 2 aromatic heterocycles. The first-order valence-electron chi connectivity index (χ1n) is 6.42. The molecule has 9 heteroatoms. The molecule has 1 aliphatic rings. The first kappa shape index (κ1) is 15.4. The molecule has 0 unspecified atom stereocenters. The fourth-order valence-corrected chi connectivity index (χ4v) is 3.69. The van der Waals surface area contributed by atoms with E-state index in [9.17, 15) is 18.0 Å². The summed E-state index contributed by atoms with van der Waals surface area (Å²) in [6.07, 6.45) is -6.40. The minimum atomic E-state index is -4.47. The van der Waals surface area contributed by atoms with Crippen LogP contribution in [0.2, 0.25) is 0 Å². The van der Waals surface area contributed by atoms with Gasteiger partial charge in [0.25, 0.3) is 5.91 Å². The number of morpholine rings is 1. The molecular formula is C13H11F3N2O2S2. The van der Waals surface area contributed by atoms with Crippen LogP contribution in [-0.2, 0) is 4.74 Å². The second kappa shape index (κ2) is 5.98. The molecule has 1 amide bonds. The maximum absolute atomic E-state index is 12.7. The largest absolute Gasteiger partial charge is 0.416 e. The van der Waals surface area contributed by atoms with Crippen molar-refractivity contribution < 1.29 is 22.7 Å². The van der Waals surface area contributed by atoms with Crippen LogP contribution < -0.4 is 0 Å². The fraction of sp³-hybridized carbons (Fsp3) is 0.385. The number of hydrogen-bond donors (Lipinski definition) is 0. The third-order valence-electron chi connectivity index (χ3n) is 3.17. The second-order valence-electron chi connectivity index (χ2n) is 4.67. The van der Waals surface area contributed by atoms with E-state index in [0.29, 0.717) is 5.01 Å². The number of rotatable bonds is 2. The molecule has 0 aromatic carbocycles. The van der Waals surface area contributed by atoms with Crippen LogP contribution in [0.5, 0.6) is 0 Å². The lowest BCUT2D eigenvalue weighted by Crippen LogP contribution is -2.51. The zero-order valence-corrected chi connectivity index (χ0v) is 12.8. The summed E-state index contributed by atoms with van der Waals surface area (Å²) in [5.41, 5.74) is 0.177. The Hall–Kier alpha value is -1.45. The molecule has 118 valence electrons. The molecule has 0 radical (unpaired) electrons. The SMILES string of the molecule is O=C(c1csc(-c2cccs2)n1)N1CCO[C@H](C(F)(F)F)C1. The third-order valence-corrected chi connectivity index (χ3v) is 5.06. The second-order valence-corrected chi connectivity index (χ2v) is 6.47. The van der Waals surface area contributed by atoms with Gasteiger partial charge >= 0.3 is 6.18 Å². The Labute approximate surface area is 132 Å². The van der Waals surface area contributed by atoms with Gasteiger partial charge in [-0.25, -0.2) is 4.98 Å². The van der Waals surface area contributed by atoms with Gasteiger partial charge in [-0.05, 0) is 11.4 Å². The predicted molar refractivity (Wildman–Crippen MR) is 77.1 cm³/mol. The molecule has 3 rings (SSSR count). The van der Waals surface area contributed by atoms with Crippen molar-refractivity contribution in [3.05, 3.63) is 28.6 Å². The Morgan fingerprint density at radius 3 is 2.91 bits per heavy atom. The van der Waals surface area contributed by atoms with Crippen LogP contribution in [-0.4, -0.2) is 47.8 Å². The zero-order valence-electron chi connectivity index (χ0n) is 11.2. The summed E-state index contributed by atoms with van der Waals surface area (Å²) in [5.74, 6) is -0.489.